The van der Waals surface area contributed by atoms with Gasteiger partial charge in [0.1, 0.15) is 72.5 Å². The molecule has 16 atom stereocenters. The molecule has 40 nitrogen and oxygen atoms in total. The first-order chi connectivity index (χ1) is 51.2. The summed E-state index contributed by atoms with van der Waals surface area (Å²) in [6.45, 7) is 4.39. The summed E-state index contributed by atoms with van der Waals surface area (Å²) in [5.41, 5.74) is 44.7. The molecule has 0 aromatic heterocycles. The van der Waals surface area contributed by atoms with Crippen LogP contribution in [0.5, 0.6) is 0 Å². The Bertz CT molecular complexity index is 3140. The second-order valence-corrected chi connectivity index (χ2v) is 30.2. The summed E-state index contributed by atoms with van der Waals surface area (Å²) in [7, 11) is 2.08. The van der Waals surface area contributed by atoms with Gasteiger partial charge in [0.15, 0.2) is 11.9 Å². The number of carboxylic acid groups (broad SMARTS) is 2. The van der Waals surface area contributed by atoms with Gasteiger partial charge in [0.05, 0.1) is 24.3 Å². The van der Waals surface area contributed by atoms with E-state index in [0.29, 0.717) is 83.7 Å². The molecule has 0 radical (unpaired) electrons. The van der Waals surface area contributed by atoms with Crippen molar-refractivity contribution in [3.05, 3.63) is 0 Å². The second-order valence-electron chi connectivity index (χ2n) is 26.9. The van der Waals surface area contributed by atoms with Gasteiger partial charge in [-0.1, -0.05) is 21.6 Å². The number of likely N-dealkylation sites (tertiary alicyclic amines) is 2. The SMILES string of the molecule is C[C@@H](O)[C@@H](NC(=O)[C@H](N)CS)C(=O)N[C@@H](CCCCN)C(=O)N1CCC[C@H]1C(=O)N1CCC[C@H]1C(=O)N[C@H](CCCN=C(N)N)C(=O)N[C@@H](CS)C(=O)O.C[C@@H](O)[C@H]1NC(=O)[C@H](N)CSSC[C@@H](C(=O)O)NC(=O)[C@@H](CCCN=C(N)N)NC(=O)[C@@H]2CCCN2C(=O)[C@@H]2CCCN2C(=O)[C@H](CCCCN)NC1=O. The van der Waals surface area contributed by atoms with E-state index in [1.807, 2.05) is 0 Å². The van der Waals surface area contributed by atoms with Gasteiger partial charge in [-0.25, -0.2) is 9.59 Å². The van der Waals surface area contributed by atoms with Crippen molar-refractivity contribution in [1.29, 1.82) is 0 Å². The average Bonchev–Trinajstić information content (AvgIpc) is 1.63. The number of nitrogens with one attached hydrogen (secondary N) is 8. The Hall–Kier alpha value is -7.72. The molecule has 0 spiro atoms. The lowest BCUT2D eigenvalue weighted by Gasteiger charge is -2.34. The largest absolute Gasteiger partial charge is 0.480 e. The third-order valence-electron chi connectivity index (χ3n) is 18.6. The van der Waals surface area contributed by atoms with E-state index in [-0.39, 0.29) is 119 Å². The van der Waals surface area contributed by atoms with Crippen LogP contribution in [-0.4, -0.2) is 307 Å². The van der Waals surface area contributed by atoms with E-state index in [0.717, 1.165) is 21.6 Å². The first kappa shape index (κ1) is 92.7. The molecular weight excluding hydrogens is 1490 g/mol. The predicted octanol–water partition coefficient (Wildman–Crippen LogP) is -7.98. The quantitative estimate of drug-likeness (QED) is 0.00978. The number of aliphatic hydroxyl groups excluding tert-OH is 2. The molecule has 28 N–H and O–H groups in total. The number of nitrogens with two attached hydrogens (primary N) is 8. The van der Waals surface area contributed by atoms with Crippen LogP contribution < -0.4 is 88.4 Å². The van der Waals surface area contributed by atoms with Crippen molar-refractivity contribution >= 4 is 142 Å². The number of carbonyl (C=O) groups is 14. The molecule has 0 aromatic rings. The first-order valence-corrected chi connectivity index (χ1v) is 39.9. The number of fused-ring (bicyclic) bond motifs is 2. The number of carbonyl (C=O) groups excluding carboxylic acids is 12. The number of aliphatic imine (C=N–C) groups is 2. The van der Waals surface area contributed by atoms with E-state index in [4.69, 9.17) is 45.9 Å². The number of nitrogens with zero attached hydrogens (tertiary/aromatic N) is 6. The third kappa shape index (κ3) is 28.9. The van der Waals surface area contributed by atoms with Gasteiger partial charge in [-0.2, -0.15) is 25.3 Å². The molecule has 5 aliphatic heterocycles. The number of unbranched alkanes of at least 4 members (excludes halogenated alkanes) is 2. The zero-order valence-corrected chi connectivity index (χ0v) is 64.4. The Kier molecular flexibility index (Phi) is 40.6. The molecular formula is C64H112N22O18S4. The Morgan fingerprint density at radius 2 is 1.13 bits per heavy atom. The van der Waals surface area contributed by atoms with Crippen LogP contribution in [0.25, 0.3) is 0 Å². The minimum absolute atomic E-state index is 0.00959. The van der Waals surface area contributed by atoms with Crippen molar-refractivity contribution in [3.63, 3.8) is 0 Å². The lowest BCUT2D eigenvalue weighted by molar-refractivity contribution is -0.148. The van der Waals surface area contributed by atoms with Gasteiger partial charge < -0.3 is 128 Å². The predicted molar refractivity (Wildman–Crippen MR) is 407 cm³/mol. The molecule has 5 saturated heterocycles. The molecule has 108 heavy (non-hydrogen) atoms. The minimum Gasteiger partial charge on any atom is -0.480 e. The third-order valence-corrected chi connectivity index (χ3v) is 21.8. The number of aliphatic carboxylic acids is 2. The lowest BCUT2D eigenvalue weighted by atomic mass is 10.0. The number of thiol groups is 2. The van der Waals surface area contributed by atoms with Gasteiger partial charge in [-0.05, 0) is 143 Å². The normalized spacial score (nSPS) is 24.5. The van der Waals surface area contributed by atoms with Crippen molar-refractivity contribution in [3.8, 4) is 0 Å². The van der Waals surface area contributed by atoms with E-state index in [2.05, 4.69) is 77.8 Å². The summed E-state index contributed by atoms with van der Waals surface area (Å²) in [6.07, 6.45) is 3.30. The van der Waals surface area contributed by atoms with Crippen LogP contribution in [-0.2, 0) is 67.1 Å². The van der Waals surface area contributed by atoms with Crippen molar-refractivity contribution in [1.82, 2.24) is 62.1 Å². The van der Waals surface area contributed by atoms with Crippen molar-refractivity contribution in [2.75, 3.05) is 75.4 Å². The van der Waals surface area contributed by atoms with Gasteiger partial charge in [0.2, 0.25) is 70.9 Å². The van der Waals surface area contributed by atoms with Crippen LogP contribution in [0.1, 0.15) is 129 Å². The fraction of sp³-hybridized carbons (Fsp3) is 0.750. The first-order valence-electron chi connectivity index (χ1n) is 36.2. The average molecular weight is 1610 g/mol. The number of hydrogen-bond acceptors (Lipinski definition) is 26. The lowest BCUT2D eigenvalue weighted by Crippen LogP contribution is -2.60. The second kappa shape index (κ2) is 47.4. The highest BCUT2D eigenvalue weighted by Crippen LogP contribution is 2.29. The number of carboxylic acids is 2. The van der Waals surface area contributed by atoms with Crippen LogP contribution >= 0.6 is 46.8 Å². The van der Waals surface area contributed by atoms with Gasteiger partial charge in [0.25, 0.3) is 0 Å². The number of aliphatic hydroxyl groups is 2. The zero-order valence-electron chi connectivity index (χ0n) is 61.0. The van der Waals surface area contributed by atoms with Crippen LogP contribution in [0.4, 0.5) is 0 Å². The fourth-order valence-electron chi connectivity index (χ4n) is 12.7. The Morgan fingerprint density at radius 3 is 1.72 bits per heavy atom. The topological polar surface area (TPSA) is 662 Å². The smallest absolute Gasteiger partial charge is 0.327 e. The van der Waals surface area contributed by atoms with E-state index in [1.165, 1.54) is 33.4 Å². The standard InChI is InChI=1S/C32H55N11O9S2.C32H57N11O9S2/c1-17(44)24-28(48)39-20(7-2-3-11-33)29(49)43-14-6-10-23(43)30(50)42-13-5-9-22(42)27(47)38-19(8-4-12-37-32(35)36)26(46)40-21(31(51)52)16-54-53-15-18(34)25(45)41-24;1-17(44)24(41-25(45)18(34)15-53)28(48)39-20(7-2-3-11-33)29(49)43-14-6-10-23(43)30(50)42-13-5-9-22(42)27(47)38-19(8-4-12-37-32(35)36)26(46)40-21(16-54)31(51)52/h17-24,44H,2-16,33-34H2,1H3,(H,38,47)(H,39,48)(H,40,46)(H,41,45)(H,51,52)(H4,35,36,37);17-24,44,53-54H,2-16,33-34H2,1H3,(H,38,47)(H,39,48)(H,40,46)(H,41,45)(H,51,52)(H4,35,36,37)/t2*17-,18-,19-,20+,21+,22+,23+,24-/m11/s1. The van der Waals surface area contributed by atoms with E-state index in [9.17, 15) is 87.5 Å². The molecule has 0 unspecified atom stereocenters. The molecule has 44 heteroatoms. The highest BCUT2D eigenvalue weighted by atomic mass is 33.1. The molecule has 5 aliphatic rings. The van der Waals surface area contributed by atoms with Crippen LogP contribution in [0.2, 0.25) is 0 Å². The molecule has 5 heterocycles. The monoisotopic (exact) mass is 1600 g/mol. The molecule has 12 amide bonds. The maximum absolute atomic E-state index is 14.1. The van der Waals surface area contributed by atoms with Gasteiger partial charge in [0, 0.05) is 62.3 Å². The highest BCUT2D eigenvalue weighted by molar-refractivity contribution is 8.76. The van der Waals surface area contributed by atoms with Gasteiger partial charge in [-0.15, -0.1) is 0 Å². The fourth-order valence-corrected chi connectivity index (χ4v) is 15.4. The van der Waals surface area contributed by atoms with Crippen molar-refractivity contribution in [2.24, 2.45) is 55.9 Å². The zero-order chi connectivity index (χ0) is 80.5. The molecule has 0 aliphatic carbocycles. The molecule has 0 saturated carbocycles. The summed E-state index contributed by atoms with van der Waals surface area (Å²) in [4.78, 5) is 200. The molecule has 0 bridgehead atoms. The Labute approximate surface area is 645 Å². The number of guanidine groups is 2. The molecule has 0 aromatic carbocycles. The molecule has 5 rings (SSSR count). The maximum Gasteiger partial charge on any atom is 0.327 e. The van der Waals surface area contributed by atoms with Crippen molar-refractivity contribution in [2.45, 2.75) is 226 Å². The summed E-state index contributed by atoms with van der Waals surface area (Å²) in [6, 6.07) is -16.3. The van der Waals surface area contributed by atoms with E-state index >= 15 is 0 Å². The summed E-state index contributed by atoms with van der Waals surface area (Å²) >= 11 is 7.96. The van der Waals surface area contributed by atoms with Crippen LogP contribution in [0.15, 0.2) is 9.98 Å². The summed E-state index contributed by atoms with van der Waals surface area (Å²) in [5, 5.41) is 60.4. The van der Waals surface area contributed by atoms with E-state index in [1.54, 1.807) is 0 Å². The molecule has 5 fully saturated rings. The summed E-state index contributed by atoms with van der Waals surface area (Å²) < 4.78 is 0. The highest BCUT2D eigenvalue weighted by Gasteiger charge is 2.47. The van der Waals surface area contributed by atoms with Crippen LogP contribution in [0.3, 0.4) is 0 Å². The number of hydrogen-bond donors (Lipinski definition) is 22. The van der Waals surface area contributed by atoms with Crippen LogP contribution in [0, 0.1) is 0 Å². The van der Waals surface area contributed by atoms with E-state index < -0.39 is 180 Å². The molecule has 610 valence electrons. The van der Waals surface area contributed by atoms with Crippen molar-refractivity contribution < 1.29 is 87.5 Å². The number of rotatable bonds is 32. The summed E-state index contributed by atoms with van der Waals surface area (Å²) in [5.74, 6) is -11.3. The number of amides is 12. The minimum atomic E-state index is -1.48. The Balaban J connectivity index is 0.000000456. The van der Waals surface area contributed by atoms with Gasteiger partial charge in [-0.3, -0.25) is 67.5 Å². The Morgan fingerprint density at radius 1 is 0.574 bits per heavy atom. The maximum atomic E-state index is 14.1. The van der Waals surface area contributed by atoms with Gasteiger partial charge >= 0.3 is 11.9 Å².